The Morgan fingerprint density at radius 3 is 2.50 bits per heavy atom. The number of hydrogen-bond acceptors (Lipinski definition) is 2. The van der Waals surface area contributed by atoms with Crippen molar-refractivity contribution >= 4 is 12.4 Å². The van der Waals surface area contributed by atoms with Crippen LogP contribution in [0.4, 0.5) is 0 Å². The molecule has 2 aliphatic rings. The SMILES string of the molecule is Cl.NC1(C2CCNC2)CC1. The first-order valence-corrected chi connectivity index (χ1v) is 3.81. The summed E-state index contributed by atoms with van der Waals surface area (Å²) in [7, 11) is 0. The molecule has 0 amide bonds. The van der Waals surface area contributed by atoms with Crippen LogP contribution in [-0.2, 0) is 0 Å². The molecule has 0 aromatic rings. The number of nitrogens with two attached hydrogens (primary N) is 1. The predicted molar refractivity (Wildman–Crippen MR) is 44.4 cm³/mol. The van der Waals surface area contributed by atoms with Crippen LogP contribution in [0.2, 0.25) is 0 Å². The highest BCUT2D eigenvalue weighted by molar-refractivity contribution is 5.85. The minimum atomic E-state index is 0. The highest BCUT2D eigenvalue weighted by atomic mass is 35.5. The minimum absolute atomic E-state index is 0. The van der Waals surface area contributed by atoms with Gasteiger partial charge in [-0.05, 0) is 38.3 Å². The van der Waals surface area contributed by atoms with Crippen LogP contribution in [-0.4, -0.2) is 18.6 Å². The summed E-state index contributed by atoms with van der Waals surface area (Å²) in [6.07, 6.45) is 3.83. The molecule has 1 aliphatic carbocycles. The number of halogens is 1. The summed E-state index contributed by atoms with van der Waals surface area (Å²) in [5.41, 5.74) is 6.28. The fraction of sp³-hybridized carbons (Fsp3) is 1.00. The van der Waals surface area contributed by atoms with Crippen molar-refractivity contribution in [2.45, 2.75) is 24.8 Å². The fourth-order valence-electron chi connectivity index (χ4n) is 1.70. The van der Waals surface area contributed by atoms with Crippen molar-refractivity contribution in [3.8, 4) is 0 Å². The first-order valence-electron chi connectivity index (χ1n) is 3.81. The molecule has 3 heteroatoms. The van der Waals surface area contributed by atoms with Crippen molar-refractivity contribution in [3.05, 3.63) is 0 Å². The predicted octanol–water partition coefficient (Wildman–Crippen LogP) is 0.509. The van der Waals surface area contributed by atoms with E-state index in [4.69, 9.17) is 5.73 Å². The molecule has 2 rings (SSSR count). The van der Waals surface area contributed by atoms with E-state index < -0.39 is 0 Å². The second kappa shape index (κ2) is 2.68. The maximum atomic E-state index is 6.01. The van der Waals surface area contributed by atoms with Crippen LogP contribution in [0, 0.1) is 5.92 Å². The largest absolute Gasteiger partial charge is 0.325 e. The zero-order valence-electron chi connectivity index (χ0n) is 6.10. The standard InChI is InChI=1S/C7H14N2.ClH/c8-7(2-3-7)6-1-4-9-5-6;/h6,9H,1-5,8H2;1H. The zero-order chi connectivity index (χ0) is 6.32. The molecular formula is C7H15ClN2. The quantitative estimate of drug-likeness (QED) is 0.590. The Kier molecular flexibility index (Phi) is 2.23. The molecule has 10 heavy (non-hydrogen) atoms. The first-order chi connectivity index (χ1) is 4.31. The van der Waals surface area contributed by atoms with Gasteiger partial charge in [0, 0.05) is 5.54 Å². The third-order valence-electron chi connectivity index (χ3n) is 2.70. The summed E-state index contributed by atoms with van der Waals surface area (Å²) >= 11 is 0. The Balaban J connectivity index is 0.000000500. The molecule has 0 bridgehead atoms. The van der Waals surface area contributed by atoms with Gasteiger partial charge in [0.05, 0.1) is 0 Å². The summed E-state index contributed by atoms with van der Waals surface area (Å²) in [6.45, 7) is 2.35. The molecule has 1 aliphatic heterocycles. The molecule has 0 radical (unpaired) electrons. The van der Waals surface area contributed by atoms with Crippen molar-refractivity contribution in [1.82, 2.24) is 5.32 Å². The summed E-state index contributed by atoms with van der Waals surface area (Å²) in [4.78, 5) is 0. The average Bonchev–Trinajstić information content (AvgIpc) is 2.46. The lowest BCUT2D eigenvalue weighted by molar-refractivity contribution is 0.439. The highest BCUT2D eigenvalue weighted by Gasteiger charge is 2.46. The molecule has 1 heterocycles. The second-order valence-electron chi connectivity index (χ2n) is 3.42. The molecule has 0 aromatic carbocycles. The Morgan fingerprint density at radius 2 is 2.10 bits per heavy atom. The Hall–Kier alpha value is 0.210. The maximum absolute atomic E-state index is 6.01. The van der Waals surface area contributed by atoms with E-state index in [1.165, 1.54) is 25.8 Å². The van der Waals surface area contributed by atoms with Gasteiger partial charge in [-0.1, -0.05) is 0 Å². The summed E-state index contributed by atoms with van der Waals surface area (Å²) in [5.74, 6) is 0.789. The van der Waals surface area contributed by atoms with Gasteiger partial charge in [-0.25, -0.2) is 0 Å². The number of nitrogens with one attached hydrogen (secondary N) is 1. The third kappa shape index (κ3) is 1.29. The lowest BCUT2D eigenvalue weighted by Crippen LogP contribution is -2.33. The van der Waals surface area contributed by atoms with Crippen LogP contribution in [0.15, 0.2) is 0 Å². The van der Waals surface area contributed by atoms with E-state index >= 15 is 0 Å². The minimum Gasteiger partial charge on any atom is -0.325 e. The average molecular weight is 163 g/mol. The monoisotopic (exact) mass is 162 g/mol. The number of hydrogen-bond donors (Lipinski definition) is 2. The van der Waals surface area contributed by atoms with E-state index in [1.54, 1.807) is 0 Å². The molecule has 0 aromatic heterocycles. The second-order valence-corrected chi connectivity index (χ2v) is 3.42. The molecule has 3 N–H and O–H groups in total. The van der Waals surface area contributed by atoms with Gasteiger partial charge in [0.25, 0.3) is 0 Å². The highest BCUT2D eigenvalue weighted by Crippen LogP contribution is 2.41. The van der Waals surface area contributed by atoms with Crippen LogP contribution in [0.3, 0.4) is 0 Å². The van der Waals surface area contributed by atoms with Gasteiger partial charge in [-0.2, -0.15) is 0 Å². The van der Waals surface area contributed by atoms with Gasteiger partial charge in [-0.3, -0.25) is 0 Å². The molecule has 1 saturated heterocycles. The van der Waals surface area contributed by atoms with Crippen LogP contribution in [0.5, 0.6) is 0 Å². The van der Waals surface area contributed by atoms with Gasteiger partial charge < -0.3 is 11.1 Å². The lowest BCUT2D eigenvalue weighted by Gasteiger charge is -2.15. The maximum Gasteiger partial charge on any atom is 0.0196 e. The van der Waals surface area contributed by atoms with E-state index in [1.807, 2.05) is 0 Å². The van der Waals surface area contributed by atoms with E-state index in [-0.39, 0.29) is 17.9 Å². The van der Waals surface area contributed by atoms with Crippen LogP contribution < -0.4 is 11.1 Å². The van der Waals surface area contributed by atoms with Gasteiger partial charge in [0.1, 0.15) is 0 Å². The molecule has 2 fully saturated rings. The molecule has 1 atom stereocenters. The fourth-order valence-corrected chi connectivity index (χ4v) is 1.70. The summed E-state index contributed by atoms with van der Waals surface area (Å²) < 4.78 is 0. The summed E-state index contributed by atoms with van der Waals surface area (Å²) in [6, 6.07) is 0. The molecule has 1 saturated carbocycles. The van der Waals surface area contributed by atoms with Crippen LogP contribution >= 0.6 is 12.4 Å². The lowest BCUT2D eigenvalue weighted by atomic mass is 9.98. The Labute approximate surface area is 68.0 Å². The smallest absolute Gasteiger partial charge is 0.0196 e. The van der Waals surface area contributed by atoms with Crippen molar-refractivity contribution in [3.63, 3.8) is 0 Å². The Bertz CT molecular complexity index is 117. The van der Waals surface area contributed by atoms with Crippen molar-refractivity contribution < 1.29 is 0 Å². The third-order valence-corrected chi connectivity index (χ3v) is 2.70. The van der Waals surface area contributed by atoms with Crippen molar-refractivity contribution in [2.24, 2.45) is 11.7 Å². The molecule has 2 nitrogen and oxygen atoms in total. The van der Waals surface area contributed by atoms with Crippen LogP contribution in [0.25, 0.3) is 0 Å². The van der Waals surface area contributed by atoms with E-state index in [2.05, 4.69) is 5.32 Å². The number of rotatable bonds is 1. The zero-order valence-corrected chi connectivity index (χ0v) is 6.91. The summed E-state index contributed by atoms with van der Waals surface area (Å²) in [5, 5.41) is 3.34. The molecular weight excluding hydrogens is 148 g/mol. The van der Waals surface area contributed by atoms with Gasteiger partial charge in [0.2, 0.25) is 0 Å². The van der Waals surface area contributed by atoms with E-state index in [0.29, 0.717) is 0 Å². The van der Waals surface area contributed by atoms with Gasteiger partial charge >= 0.3 is 0 Å². The molecule has 1 unspecified atom stereocenters. The first kappa shape index (κ1) is 8.31. The molecule has 0 spiro atoms. The van der Waals surface area contributed by atoms with E-state index in [0.717, 1.165) is 12.5 Å². The van der Waals surface area contributed by atoms with Gasteiger partial charge in [0.15, 0.2) is 0 Å². The van der Waals surface area contributed by atoms with Crippen LogP contribution in [0.1, 0.15) is 19.3 Å². The van der Waals surface area contributed by atoms with Crippen molar-refractivity contribution in [1.29, 1.82) is 0 Å². The normalized spacial score (nSPS) is 35.1. The topological polar surface area (TPSA) is 38.0 Å². The van der Waals surface area contributed by atoms with Gasteiger partial charge in [-0.15, -0.1) is 12.4 Å². The Morgan fingerprint density at radius 1 is 1.40 bits per heavy atom. The van der Waals surface area contributed by atoms with Crippen molar-refractivity contribution in [2.75, 3.05) is 13.1 Å². The molecule has 60 valence electrons. The van der Waals surface area contributed by atoms with E-state index in [9.17, 15) is 0 Å².